The highest BCUT2D eigenvalue weighted by Gasteiger charge is 2.18. The lowest BCUT2D eigenvalue weighted by atomic mass is 9.96. The van der Waals surface area contributed by atoms with Crippen LogP contribution in [0.4, 0.5) is 0 Å². The Morgan fingerprint density at radius 2 is 1.75 bits per heavy atom. The Balaban J connectivity index is 2.76. The molecule has 90 valence electrons. The monoisotopic (exact) mass is 286 g/mol. The molecule has 1 atom stereocenters. The predicted molar refractivity (Wildman–Crippen MR) is 69.6 cm³/mol. The maximum atomic E-state index is 9.72. The van der Waals surface area contributed by atoms with Crippen LogP contribution in [0, 0.1) is 13.8 Å². The van der Waals surface area contributed by atoms with Crippen molar-refractivity contribution in [2.24, 2.45) is 0 Å². The van der Waals surface area contributed by atoms with Crippen molar-refractivity contribution in [3.05, 3.63) is 33.3 Å². The van der Waals surface area contributed by atoms with Crippen molar-refractivity contribution in [3.63, 3.8) is 0 Å². The van der Waals surface area contributed by atoms with Crippen LogP contribution in [0.15, 0.2) is 16.6 Å². The molecule has 0 aliphatic rings. The van der Waals surface area contributed by atoms with Crippen molar-refractivity contribution in [1.29, 1.82) is 0 Å². The largest absolute Gasteiger partial charge is 0.393 e. The molecule has 0 saturated carbocycles. The quantitative estimate of drug-likeness (QED) is 0.894. The van der Waals surface area contributed by atoms with Gasteiger partial charge in [-0.1, -0.05) is 28.1 Å². The van der Waals surface area contributed by atoms with Gasteiger partial charge in [0.25, 0.3) is 0 Å². The lowest BCUT2D eigenvalue weighted by Gasteiger charge is -2.20. The second kappa shape index (κ2) is 5.30. The summed E-state index contributed by atoms with van der Waals surface area (Å²) in [5.41, 5.74) is 2.64. The average molecular weight is 287 g/mol. The molecular formula is C13H19BrO2. The van der Waals surface area contributed by atoms with Crippen LogP contribution in [0.1, 0.15) is 30.0 Å². The van der Waals surface area contributed by atoms with Gasteiger partial charge in [-0.05, 0) is 50.3 Å². The molecule has 0 saturated heterocycles. The van der Waals surface area contributed by atoms with Gasteiger partial charge in [0.05, 0.1) is 12.2 Å². The molecular weight excluding hydrogens is 268 g/mol. The van der Waals surface area contributed by atoms with Gasteiger partial charge in [-0.3, -0.25) is 0 Å². The first-order valence-corrected chi connectivity index (χ1v) is 6.24. The maximum absolute atomic E-state index is 9.72. The number of benzene rings is 1. The minimum atomic E-state index is -0.977. The molecule has 0 amide bonds. The molecule has 1 aromatic carbocycles. The van der Waals surface area contributed by atoms with E-state index in [4.69, 9.17) is 5.11 Å². The normalized spacial score (nSPS) is 14.9. The molecule has 0 aliphatic heterocycles. The second-order valence-electron chi connectivity index (χ2n) is 4.70. The zero-order valence-electron chi connectivity index (χ0n) is 10.0. The Morgan fingerprint density at radius 1 is 1.25 bits per heavy atom. The summed E-state index contributed by atoms with van der Waals surface area (Å²) < 4.78 is 1.14. The molecule has 0 fully saturated rings. The van der Waals surface area contributed by atoms with E-state index in [-0.39, 0.29) is 6.61 Å². The van der Waals surface area contributed by atoms with Gasteiger partial charge >= 0.3 is 0 Å². The number of hydrogen-bond acceptors (Lipinski definition) is 2. The summed E-state index contributed by atoms with van der Waals surface area (Å²) in [7, 11) is 0. The molecule has 2 N–H and O–H groups in total. The number of hydrogen-bond donors (Lipinski definition) is 2. The van der Waals surface area contributed by atoms with Crippen LogP contribution in [-0.2, 0) is 6.42 Å². The van der Waals surface area contributed by atoms with E-state index in [1.165, 1.54) is 16.7 Å². The van der Waals surface area contributed by atoms with Crippen LogP contribution in [0.5, 0.6) is 0 Å². The molecule has 0 spiro atoms. The molecule has 1 rings (SSSR count). The standard InChI is InChI=1S/C13H19BrO2/c1-9-6-11(7-10(2)12(9)14)4-5-13(3,16)8-15/h6-7,15-16H,4-5,8H2,1-3H3/t13-/m0/s1. The first kappa shape index (κ1) is 13.7. The van der Waals surface area contributed by atoms with Crippen LogP contribution in [0.25, 0.3) is 0 Å². The summed E-state index contributed by atoms with van der Waals surface area (Å²) in [4.78, 5) is 0. The smallest absolute Gasteiger partial charge is 0.0852 e. The third-order valence-corrected chi connectivity index (χ3v) is 4.04. The molecule has 3 heteroatoms. The summed E-state index contributed by atoms with van der Waals surface area (Å²) in [5, 5.41) is 18.7. The molecule has 0 unspecified atom stereocenters. The highest BCUT2D eigenvalue weighted by atomic mass is 79.9. The highest BCUT2D eigenvalue weighted by molar-refractivity contribution is 9.10. The van der Waals surface area contributed by atoms with Crippen molar-refractivity contribution in [2.75, 3.05) is 6.61 Å². The Bertz CT molecular complexity index is 349. The highest BCUT2D eigenvalue weighted by Crippen LogP contribution is 2.24. The minimum absolute atomic E-state index is 0.193. The SMILES string of the molecule is Cc1cc(CC[C@](C)(O)CO)cc(C)c1Br. The first-order chi connectivity index (χ1) is 7.35. The maximum Gasteiger partial charge on any atom is 0.0852 e. The number of rotatable bonds is 4. The zero-order chi connectivity index (χ0) is 12.3. The average Bonchev–Trinajstić information content (AvgIpc) is 2.23. The van der Waals surface area contributed by atoms with Gasteiger partial charge < -0.3 is 10.2 Å². The molecule has 2 nitrogen and oxygen atoms in total. The van der Waals surface area contributed by atoms with E-state index in [0.717, 1.165) is 10.9 Å². The van der Waals surface area contributed by atoms with E-state index in [2.05, 4.69) is 41.9 Å². The van der Waals surface area contributed by atoms with E-state index in [9.17, 15) is 5.11 Å². The molecule has 0 radical (unpaired) electrons. The summed E-state index contributed by atoms with van der Waals surface area (Å²) in [6.45, 7) is 5.59. The molecule has 0 aliphatic carbocycles. The van der Waals surface area contributed by atoms with Gasteiger partial charge in [0.15, 0.2) is 0 Å². The molecule has 1 aromatic rings. The molecule has 0 heterocycles. The number of aliphatic hydroxyl groups is 2. The lowest BCUT2D eigenvalue weighted by molar-refractivity contribution is -0.00474. The fraction of sp³-hybridized carbons (Fsp3) is 0.538. The zero-order valence-corrected chi connectivity index (χ0v) is 11.6. The molecule has 0 aromatic heterocycles. The fourth-order valence-corrected chi connectivity index (χ4v) is 1.90. The first-order valence-electron chi connectivity index (χ1n) is 5.44. The van der Waals surface area contributed by atoms with Gasteiger partial charge in [0.2, 0.25) is 0 Å². The van der Waals surface area contributed by atoms with Gasteiger partial charge in [-0.15, -0.1) is 0 Å². The minimum Gasteiger partial charge on any atom is -0.393 e. The Kier molecular flexibility index (Phi) is 4.53. The lowest BCUT2D eigenvalue weighted by Crippen LogP contribution is -2.29. The van der Waals surface area contributed by atoms with Gasteiger partial charge in [-0.25, -0.2) is 0 Å². The Labute approximate surface area is 105 Å². The Morgan fingerprint density at radius 3 is 2.19 bits per heavy atom. The van der Waals surface area contributed by atoms with Crippen LogP contribution in [0.2, 0.25) is 0 Å². The summed E-state index contributed by atoms with van der Waals surface area (Å²) >= 11 is 3.53. The molecule has 0 bridgehead atoms. The summed E-state index contributed by atoms with van der Waals surface area (Å²) in [6, 6.07) is 4.23. The third-order valence-electron chi connectivity index (χ3n) is 2.79. The van der Waals surface area contributed by atoms with Crippen LogP contribution in [0.3, 0.4) is 0 Å². The summed E-state index contributed by atoms with van der Waals surface area (Å²) in [5.74, 6) is 0. The Hall–Kier alpha value is -0.380. The van der Waals surface area contributed by atoms with Crippen molar-refractivity contribution < 1.29 is 10.2 Å². The van der Waals surface area contributed by atoms with E-state index in [1.807, 2.05) is 0 Å². The topological polar surface area (TPSA) is 40.5 Å². The van der Waals surface area contributed by atoms with E-state index in [1.54, 1.807) is 6.92 Å². The number of aryl methyl sites for hydroxylation is 3. The van der Waals surface area contributed by atoms with E-state index in [0.29, 0.717) is 6.42 Å². The number of aliphatic hydroxyl groups excluding tert-OH is 1. The molecule has 16 heavy (non-hydrogen) atoms. The van der Waals surface area contributed by atoms with Gasteiger partial charge in [0, 0.05) is 4.47 Å². The van der Waals surface area contributed by atoms with Crippen molar-refractivity contribution in [3.8, 4) is 0 Å². The van der Waals surface area contributed by atoms with Gasteiger partial charge in [-0.2, -0.15) is 0 Å². The van der Waals surface area contributed by atoms with Crippen LogP contribution in [-0.4, -0.2) is 22.4 Å². The van der Waals surface area contributed by atoms with E-state index >= 15 is 0 Å². The van der Waals surface area contributed by atoms with Crippen molar-refractivity contribution in [1.82, 2.24) is 0 Å². The van der Waals surface area contributed by atoms with Crippen molar-refractivity contribution in [2.45, 2.75) is 39.2 Å². The van der Waals surface area contributed by atoms with E-state index < -0.39 is 5.60 Å². The van der Waals surface area contributed by atoms with Crippen molar-refractivity contribution >= 4 is 15.9 Å². The predicted octanol–water partition coefficient (Wildman–Crippen LogP) is 2.74. The van der Waals surface area contributed by atoms with Gasteiger partial charge in [0.1, 0.15) is 0 Å². The second-order valence-corrected chi connectivity index (χ2v) is 5.49. The third kappa shape index (κ3) is 3.58. The number of halogens is 1. The van der Waals surface area contributed by atoms with Crippen LogP contribution >= 0.6 is 15.9 Å². The summed E-state index contributed by atoms with van der Waals surface area (Å²) in [6.07, 6.45) is 1.35. The van der Waals surface area contributed by atoms with Crippen LogP contribution < -0.4 is 0 Å². The fourth-order valence-electron chi connectivity index (χ4n) is 1.67.